The average Bonchev–Trinajstić information content (AvgIpc) is 2.10. The molecule has 0 aliphatic rings. The maximum atomic E-state index is 11.4. The maximum absolute atomic E-state index is 11.4. The molecule has 1 atom stereocenters. The highest BCUT2D eigenvalue weighted by Gasteiger charge is 2.16. The number of thioether (sulfide) groups is 1. The predicted octanol–water partition coefficient (Wildman–Crippen LogP) is 0.366. The second-order valence-corrected chi connectivity index (χ2v) is 4.52. The van der Waals surface area contributed by atoms with Crippen molar-refractivity contribution in [3.05, 3.63) is 0 Å². The van der Waals surface area contributed by atoms with E-state index < -0.39 is 6.04 Å². The van der Waals surface area contributed by atoms with E-state index in [0.29, 0.717) is 12.3 Å². The Morgan fingerprint density at radius 1 is 1.43 bits per heavy atom. The third kappa shape index (κ3) is 5.99. The van der Waals surface area contributed by atoms with Gasteiger partial charge in [-0.25, -0.2) is 0 Å². The fourth-order valence-electron chi connectivity index (χ4n) is 0.747. The zero-order chi connectivity index (χ0) is 11.1. The summed E-state index contributed by atoms with van der Waals surface area (Å²) in [5.74, 6) is 0.667. The molecule has 14 heavy (non-hydrogen) atoms. The van der Waals surface area contributed by atoms with Gasteiger partial charge in [0.05, 0.1) is 6.04 Å². The van der Waals surface area contributed by atoms with Crippen LogP contribution in [0.25, 0.3) is 0 Å². The molecular formula is C9H18N2O2S. The third-order valence-electron chi connectivity index (χ3n) is 1.71. The van der Waals surface area contributed by atoms with Crippen molar-refractivity contribution in [1.82, 2.24) is 5.32 Å². The maximum Gasteiger partial charge on any atom is 0.216 e. The first-order chi connectivity index (χ1) is 6.45. The lowest BCUT2D eigenvalue weighted by molar-refractivity contribution is -0.119. The minimum absolute atomic E-state index is 0.00893. The molecule has 0 heterocycles. The van der Waals surface area contributed by atoms with Crippen LogP contribution in [0.2, 0.25) is 0 Å². The molecule has 0 bridgehead atoms. The molecule has 0 saturated carbocycles. The van der Waals surface area contributed by atoms with Gasteiger partial charge < -0.3 is 11.1 Å². The highest BCUT2D eigenvalue weighted by molar-refractivity contribution is 8.13. The van der Waals surface area contributed by atoms with E-state index in [9.17, 15) is 9.59 Å². The molecular weight excluding hydrogens is 200 g/mol. The summed E-state index contributed by atoms with van der Waals surface area (Å²) in [5, 5.41) is 2.61. The van der Waals surface area contributed by atoms with Crippen LogP contribution in [-0.4, -0.2) is 29.4 Å². The molecule has 0 aromatic heterocycles. The Morgan fingerprint density at radius 3 is 2.43 bits per heavy atom. The van der Waals surface area contributed by atoms with Crippen molar-refractivity contribution in [3.8, 4) is 0 Å². The second kappa shape index (κ2) is 6.84. The summed E-state index contributed by atoms with van der Waals surface area (Å²) in [6.45, 7) is 5.79. The van der Waals surface area contributed by atoms with Crippen molar-refractivity contribution < 1.29 is 9.59 Å². The second-order valence-electron chi connectivity index (χ2n) is 3.42. The summed E-state index contributed by atoms with van der Waals surface area (Å²) >= 11 is 1.18. The van der Waals surface area contributed by atoms with Gasteiger partial charge >= 0.3 is 0 Å². The Kier molecular flexibility index (Phi) is 6.57. The number of hydrogen-bond acceptors (Lipinski definition) is 4. The van der Waals surface area contributed by atoms with E-state index in [2.05, 4.69) is 5.32 Å². The Hall–Kier alpha value is -0.550. The van der Waals surface area contributed by atoms with E-state index >= 15 is 0 Å². The molecule has 5 heteroatoms. The van der Waals surface area contributed by atoms with Gasteiger partial charge in [-0.3, -0.25) is 9.59 Å². The van der Waals surface area contributed by atoms with E-state index in [1.807, 2.05) is 13.8 Å². The molecule has 0 radical (unpaired) electrons. The van der Waals surface area contributed by atoms with E-state index in [0.717, 1.165) is 0 Å². The van der Waals surface area contributed by atoms with Gasteiger partial charge in [0, 0.05) is 19.2 Å². The summed E-state index contributed by atoms with van der Waals surface area (Å²) in [5.41, 5.74) is 5.64. The van der Waals surface area contributed by atoms with Gasteiger partial charge in [-0.2, -0.15) is 0 Å². The zero-order valence-corrected chi connectivity index (χ0v) is 9.69. The van der Waals surface area contributed by atoms with E-state index in [-0.39, 0.29) is 16.9 Å². The van der Waals surface area contributed by atoms with Crippen LogP contribution in [0.15, 0.2) is 0 Å². The fourth-order valence-corrected chi connectivity index (χ4v) is 1.62. The molecule has 82 valence electrons. The number of hydrogen-bond donors (Lipinski definition) is 2. The van der Waals surface area contributed by atoms with Gasteiger partial charge in [0.1, 0.15) is 0 Å². The van der Waals surface area contributed by atoms with Gasteiger partial charge in [0.25, 0.3) is 0 Å². The van der Waals surface area contributed by atoms with Crippen LogP contribution in [0.1, 0.15) is 20.8 Å². The number of carbonyl (C=O) groups is 2. The molecule has 3 N–H and O–H groups in total. The first kappa shape index (κ1) is 13.4. The van der Waals surface area contributed by atoms with Gasteiger partial charge in [-0.15, -0.1) is 0 Å². The van der Waals surface area contributed by atoms with E-state index in [1.165, 1.54) is 18.7 Å². The molecule has 0 rings (SSSR count). The molecule has 0 aliphatic heterocycles. The van der Waals surface area contributed by atoms with Gasteiger partial charge in [-0.05, 0) is 5.92 Å². The van der Waals surface area contributed by atoms with Gasteiger partial charge in [0.2, 0.25) is 11.0 Å². The van der Waals surface area contributed by atoms with Gasteiger partial charge in [-0.1, -0.05) is 25.6 Å². The monoisotopic (exact) mass is 218 g/mol. The van der Waals surface area contributed by atoms with Crippen molar-refractivity contribution in [3.63, 3.8) is 0 Å². The number of nitrogens with one attached hydrogen (secondary N) is 1. The van der Waals surface area contributed by atoms with Gasteiger partial charge in [0.15, 0.2) is 0 Å². The quantitative estimate of drug-likeness (QED) is 0.654. The number of nitrogens with two attached hydrogens (primary N) is 1. The van der Waals surface area contributed by atoms with Crippen molar-refractivity contribution in [2.45, 2.75) is 26.8 Å². The number of rotatable bonds is 5. The van der Waals surface area contributed by atoms with Crippen molar-refractivity contribution in [2.24, 2.45) is 11.7 Å². The zero-order valence-electron chi connectivity index (χ0n) is 8.87. The van der Waals surface area contributed by atoms with Crippen molar-refractivity contribution >= 4 is 22.8 Å². The van der Waals surface area contributed by atoms with E-state index in [4.69, 9.17) is 5.73 Å². The largest absolute Gasteiger partial charge is 0.356 e. The summed E-state index contributed by atoms with van der Waals surface area (Å²) in [6, 6.07) is -0.405. The number of carbonyl (C=O) groups excluding carboxylic acids is 2. The fraction of sp³-hybridized carbons (Fsp3) is 0.778. The molecule has 0 fully saturated rings. The standard InChI is InChI=1S/C9H18N2O2S/c1-6(2)8(10)9(13)14-5-4-11-7(3)12/h6,8H,4-5,10H2,1-3H3,(H,11,12)/t8-/m0/s1. The first-order valence-electron chi connectivity index (χ1n) is 4.61. The topological polar surface area (TPSA) is 72.2 Å². The van der Waals surface area contributed by atoms with Crippen LogP contribution in [0.3, 0.4) is 0 Å². The molecule has 0 aromatic carbocycles. The molecule has 0 spiro atoms. The highest BCUT2D eigenvalue weighted by atomic mass is 32.2. The Bertz CT molecular complexity index is 207. The molecule has 4 nitrogen and oxygen atoms in total. The SMILES string of the molecule is CC(=O)NCCSC(=O)[C@@H](N)C(C)C. The molecule has 0 unspecified atom stereocenters. The van der Waals surface area contributed by atoms with Crippen LogP contribution < -0.4 is 11.1 Å². The molecule has 0 aromatic rings. The van der Waals surface area contributed by atoms with Crippen LogP contribution in [0.4, 0.5) is 0 Å². The summed E-state index contributed by atoms with van der Waals surface area (Å²) in [6.07, 6.45) is 0. The highest BCUT2D eigenvalue weighted by Crippen LogP contribution is 2.09. The Balaban J connectivity index is 3.59. The lowest BCUT2D eigenvalue weighted by Gasteiger charge is -2.13. The molecule has 0 saturated heterocycles. The number of amides is 1. The van der Waals surface area contributed by atoms with E-state index in [1.54, 1.807) is 0 Å². The predicted molar refractivity (Wildman–Crippen MR) is 59.0 cm³/mol. The normalized spacial score (nSPS) is 12.6. The summed E-state index contributed by atoms with van der Waals surface area (Å²) < 4.78 is 0. The van der Waals surface area contributed by atoms with Crippen LogP contribution in [0, 0.1) is 5.92 Å². The minimum atomic E-state index is -0.405. The summed E-state index contributed by atoms with van der Waals surface area (Å²) in [4.78, 5) is 21.9. The van der Waals surface area contributed by atoms with Crippen molar-refractivity contribution in [2.75, 3.05) is 12.3 Å². The molecule has 1 amide bonds. The smallest absolute Gasteiger partial charge is 0.216 e. The van der Waals surface area contributed by atoms with Crippen LogP contribution >= 0.6 is 11.8 Å². The summed E-state index contributed by atoms with van der Waals surface area (Å²) in [7, 11) is 0. The first-order valence-corrected chi connectivity index (χ1v) is 5.60. The lowest BCUT2D eigenvalue weighted by atomic mass is 10.1. The van der Waals surface area contributed by atoms with Crippen LogP contribution in [0.5, 0.6) is 0 Å². The molecule has 0 aliphatic carbocycles. The average molecular weight is 218 g/mol. The van der Waals surface area contributed by atoms with Crippen molar-refractivity contribution in [1.29, 1.82) is 0 Å². The third-order valence-corrected chi connectivity index (χ3v) is 2.68. The minimum Gasteiger partial charge on any atom is -0.356 e. The Morgan fingerprint density at radius 2 is 2.00 bits per heavy atom. The lowest BCUT2D eigenvalue weighted by Crippen LogP contribution is -2.34. The van der Waals surface area contributed by atoms with Crippen LogP contribution in [-0.2, 0) is 9.59 Å². The Labute approximate surface area is 89.0 Å².